The van der Waals surface area contributed by atoms with Gasteiger partial charge in [-0.2, -0.15) is 4.98 Å². The highest BCUT2D eigenvalue weighted by Gasteiger charge is 2.18. The summed E-state index contributed by atoms with van der Waals surface area (Å²) >= 11 is 0. The summed E-state index contributed by atoms with van der Waals surface area (Å²) < 4.78 is 14.9. The molecule has 0 aliphatic rings. The summed E-state index contributed by atoms with van der Waals surface area (Å²) in [5.41, 5.74) is 6.77. The Kier molecular flexibility index (Phi) is 3.65. The summed E-state index contributed by atoms with van der Waals surface area (Å²) in [4.78, 5) is 15.4. The van der Waals surface area contributed by atoms with E-state index >= 15 is 0 Å². The van der Waals surface area contributed by atoms with Crippen LogP contribution in [0.2, 0.25) is 0 Å². The fraction of sp³-hybridized carbons (Fsp3) is 0.250. The van der Waals surface area contributed by atoms with Gasteiger partial charge in [-0.3, -0.25) is 0 Å². The van der Waals surface area contributed by atoms with E-state index in [-0.39, 0.29) is 18.3 Å². The lowest BCUT2D eigenvalue weighted by Gasteiger charge is -2.03. The molecule has 0 spiro atoms. The molecule has 0 fully saturated rings. The molecule has 1 aromatic heterocycles. The second-order valence-electron chi connectivity index (χ2n) is 3.60. The van der Waals surface area contributed by atoms with Crippen molar-refractivity contribution in [1.29, 1.82) is 0 Å². The average molecular weight is 263 g/mol. The van der Waals surface area contributed by atoms with Gasteiger partial charge in [0.05, 0.1) is 19.3 Å². The van der Waals surface area contributed by atoms with E-state index in [1.54, 1.807) is 25.1 Å². The highest BCUT2D eigenvalue weighted by molar-refractivity contribution is 5.85. The maximum atomic E-state index is 11.4. The number of carbonyl (C=O) groups excluding carboxylic acids is 1. The molecule has 2 aromatic rings. The molecule has 0 bridgehead atoms. The molecule has 100 valence electrons. The molecule has 7 heteroatoms. The van der Waals surface area contributed by atoms with Gasteiger partial charge in [0.1, 0.15) is 5.75 Å². The number of hydrogen-bond acceptors (Lipinski definition) is 7. The first-order chi connectivity index (χ1) is 9.15. The van der Waals surface area contributed by atoms with Crippen molar-refractivity contribution in [3.63, 3.8) is 0 Å². The van der Waals surface area contributed by atoms with E-state index < -0.39 is 5.97 Å². The van der Waals surface area contributed by atoms with Gasteiger partial charge in [0.2, 0.25) is 0 Å². The number of hydrogen-bond donors (Lipinski definition) is 1. The van der Waals surface area contributed by atoms with Crippen LogP contribution in [0.4, 0.5) is 5.69 Å². The third-order valence-electron chi connectivity index (χ3n) is 2.37. The third kappa shape index (κ3) is 2.65. The Hall–Kier alpha value is -2.57. The summed E-state index contributed by atoms with van der Waals surface area (Å²) in [5.74, 6) is -0.0439. The van der Waals surface area contributed by atoms with Crippen LogP contribution in [0, 0.1) is 0 Å². The van der Waals surface area contributed by atoms with Crippen molar-refractivity contribution in [2.24, 2.45) is 0 Å². The number of nitrogens with two attached hydrogens (primary N) is 1. The monoisotopic (exact) mass is 263 g/mol. The Morgan fingerprint density at radius 3 is 2.95 bits per heavy atom. The van der Waals surface area contributed by atoms with Gasteiger partial charge in [-0.15, -0.1) is 0 Å². The van der Waals surface area contributed by atoms with Gasteiger partial charge in [-0.1, -0.05) is 0 Å². The Morgan fingerprint density at radius 1 is 1.47 bits per heavy atom. The first kappa shape index (κ1) is 12.9. The minimum atomic E-state index is -0.640. The van der Waals surface area contributed by atoms with Gasteiger partial charge in [-0.25, -0.2) is 4.79 Å². The molecule has 0 saturated heterocycles. The number of carbonyl (C=O) groups is 1. The summed E-state index contributed by atoms with van der Waals surface area (Å²) in [7, 11) is 1.53. The zero-order valence-electron chi connectivity index (χ0n) is 10.5. The molecule has 2 rings (SSSR count). The van der Waals surface area contributed by atoms with Crippen molar-refractivity contribution in [1.82, 2.24) is 10.1 Å². The maximum Gasteiger partial charge on any atom is 0.379 e. The number of methoxy groups -OCH3 is 1. The fourth-order valence-corrected chi connectivity index (χ4v) is 1.46. The largest absolute Gasteiger partial charge is 0.497 e. The van der Waals surface area contributed by atoms with Crippen LogP contribution in [0.5, 0.6) is 5.75 Å². The predicted octanol–water partition coefficient (Wildman–Crippen LogP) is 1.50. The lowest BCUT2D eigenvalue weighted by Crippen LogP contribution is -2.06. The molecule has 0 amide bonds. The van der Waals surface area contributed by atoms with E-state index in [9.17, 15) is 4.79 Å². The SMILES string of the molecule is CCOC(=O)c1noc(-c2cc(OC)ccc2N)n1. The Bertz CT molecular complexity index is 594. The van der Waals surface area contributed by atoms with Gasteiger partial charge >= 0.3 is 5.97 Å². The molecule has 0 aliphatic carbocycles. The Morgan fingerprint density at radius 2 is 2.26 bits per heavy atom. The number of anilines is 1. The molecule has 1 aromatic carbocycles. The van der Waals surface area contributed by atoms with E-state index in [4.69, 9.17) is 19.7 Å². The number of rotatable bonds is 4. The van der Waals surface area contributed by atoms with Crippen molar-refractivity contribution in [2.45, 2.75) is 6.92 Å². The standard InChI is InChI=1S/C12H13N3O4/c1-3-18-12(16)10-14-11(19-15-10)8-6-7(17-2)4-5-9(8)13/h4-6H,3,13H2,1-2H3. The number of nitrogen functional groups attached to an aromatic ring is 1. The number of ether oxygens (including phenoxy) is 2. The smallest absolute Gasteiger partial charge is 0.379 e. The molecule has 19 heavy (non-hydrogen) atoms. The fourth-order valence-electron chi connectivity index (χ4n) is 1.46. The molecular weight excluding hydrogens is 250 g/mol. The van der Waals surface area contributed by atoms with Gasteiger partial charge in [0, 0.05) is 5.69 Å². The minimum Gasteiger partial charge on any atom is -0.497 e. The highest BCUT2D eigenvalue weighted by atomic mass is 16.5. The van der Waals surface area contributed by atoms with Crippen LogP contribution in [-0.2, 0) is 4.74 Å². The third-order valence-corrected chi connectivity index (χ3v) is 2.37. The summed E-state index contributed by atoms with van der Waals surface area (Å²) in [6.07, 6.45) is 0. The average Bonchev–Trinajstić information content (AvgIpc) is 2.89. The second-order valence-corrected chi connectivity index (χ2v) is 3.60. The van der Waals surface area contributed by atoms with Crippen LogP contribution in [0.3, 0.4) is 0 Å². The summed E-state index contributed by atoms with van der Waals surface area (Å²) in [5, 5.41) is 3.55. The molecule has 0 unspecified atom stereocenters. The molecule has 0 radical (unpaired) electrons. The van der Waals surface area contributed by atoms with E-state index in [0.29, 0.717) is 17.0 Å². The van der Waals surface area contributed by atoms with E-state index in [1.165, 1.54) is 7.11 Å². The maximum absolute atomic E-state index is 11.4. The molecule has 0 saturated carbocycles. The van der Waals surface area contributed by atoms with Crippen LogP contribution in [0.1, 0.15) is 17.5 Å². The van der Waals surface area contributed by atoms with Crippen LogP contribution >= 0.6 is 0 Å². The quantitative estimate of drug-likeness (QED) is 0.658. The molecule has 2 N–H and O–H groups in total. The lowest BCUT2D eigenvalue weighted by molar-refractivity contribution is 0.0508. The van der Waals surface area contributed by atoms with Crippen molar-refractivity contribution in [2.75, 3.05) is 19.5 Å². The molecular formula is C12H13N3O4. The molecule has 7 nitrogen and oxygen atoms in total. The molecule has 0 aliphatic heterocycles. The van der Waals surface area contributed by atoms with Crippen LogP contribution < -0.4 is 10.5 Å². The van der Waals surface area contributed by atoms with Crippen molar-refractivity contribution in [3.05, 3.63) is 24.0 Å². The number of esters is 1. The lowest BCUT2D eigenvalue weighted by atomic mass is 10.1. The summed E-state index contributed by atoms with van der Waals surface area (Å²) in [6, 6.07) is 5.02. The van der Waals surface area contributed by atoms with Gasteiger partial charge in [-0.05, 0) is 30.3 Å². The van der Waals surface area contributed by atoms with Gasteiger partial charge < -0.3 is 19.7 Å². The van der Waals surface area contributed by atoms with Crippen LogP contribution in [-0.4, -0.2) is 29.8 Å². The normalized spacial score (nSPS) is 10.2. The van der Waals surface area contributed by atoms with E-state index in [2.05, 4.69) is 10.1 Å². The Labute approximate surface area is 109 Å². The molecule has 0 atom stereocenters. The first-order valence-electron chi connectivity index (χ1n) is 5.60. The number of benzene rings is 1. The highest BCUT2D eigenvalue weighted by Crippen LogP contribution is 2.28. The summed E-state index contributed by atoms with van der Waals surface area (Å²) in [6.45, 7) is 1.93. The topological polar surface area (TPSA) is 100 Å². The van der Waals surface area contributed by atoms with E-state index in [1.807, 2.05) is 0 Å². The zero-order valence-corrected chi connectivity index (χ0v) is 10.5. The number of aromatic nitrogens is 2. The van der Waals surface area contributed by atoms with Crippen LogP contribution in [0.25, 0.3) is 11.5 Å². The van der Waals surface area contributed by atoms with E-state index in [0.717, 1.165) is 0 Å². The zero-order chi connectivity index (χ0) is 13.8. The van der Waals surface area contributed by atoms with Crippen molar-refractivity contribution < 1.29 is 18.8 Å². The Balaban J connectivity index is 2.34. The molecule has 1 heterocycles. The first-order valence-corrected chi connectivity index (χ1v) is 5.60. The van der Waals surface area contributed by atoms with Crippen LogP contribution in [0.15, 0.2) is 22.7 Å². The van der Waals surface area contributed by atoms with Gasteiger partial charge in [0.15, 0.2) is 0 Å². The minimum absolute atomic E-state index is 0.138. The second kappa shape index (κ2) is 5.38. The van der Waals surface area contributed by atoms with Crippen molar-refractivity contribution >= 4 is 11.7 Å². The number of nitrogens with zero attached hydrogens (tertiary/aromatic N) is 2. The van der Waals surface area contributed by atoms with Gasteiger partial charge in [0.25, 0.3) is 11.7 Å². The van der Waals surface area contributed by atoms with Crippen molar-refractivity contribution in [3.8, 4) is 17.2 Å². The predicted molar refractivity (Wildman–Crippen MR) is 66.7 cm³/mol.